The maximum Gasteiger partial charge on any atom is 0.226 e. The first kappa shape index (κ1) is 28.4. The minimum absolute atomic E-state index is 0.0276. The molecule has 0 spiro atoms. The molecule has 0 saturated carbocycles. The number of nitrogens with zero attached hydrogens (tertiary/aromatic N) is 1. The van der Waals surface area contributed by atoms with Gasteiger partial charge in [-0.25, -0.2) is 21.2 Å². The van der Waals surface area contributed by atoms with Crippen LogP contribution in [0.3, 0.4) is 0 Å². The highest BCUT2D eigenvalue weighted by Crippen LogP contribution is 2.53. The molecule has 2 aliphatic heterocycles. The molecule has 2 saturated heterocycles. The van der Waals surface area contributed by atoms with Crippen molar-refractivity contribution in [3.63, 3.8) is 0 Å². The first-order chi connectivity index (χ1) is 19.5. The molecule has 3 aliphatic rings. The van der Waals surface area contributed by atoms with Crippen molar-refractivity contribution in [3.05, 3.63) is 99.8 Å². The molecule has 6 rings (SSSR count). The van der Waals surface area contributed by atoms with Gasteiger partial charge < -0.3 is 4.90 Å². The smallest absolute Gasteiger partial charge is 0.226 e. The zero-order chi connectivity index (χ0) is 29.0. The van der Waals surface area contributed by atoms with Crippen molar-refractivity contribution in [2.75, 3.05) is 18.1 Å². The van der Waals surface area contributed by atoms with Crippen molar-refractivity contribution in [3.8, 4) is 0 Å². The Morgan fingerprint density at radius 1 is 0.951 bits per heavy atom. The lowest BCUT2D eigenvalue weighted by Gasteiger charge is -2.43. The van der Waals surface area contributed by atoms with Crippen molar-refractivity contribution >= 4 is 37.2 Å². The van der Waals surface area contributed by atoms with Gasteiger partial charge in [-0.05, 0) is 97.2 Å². The Morgan fingerprint density at radius 2 is 1.61 bits per heavy atom. The second-order valence-electron chi connectivity index (χ2n) is 11.4. The summed E-state index contributed by atoms with van der Waals surface area (Å²) in [4.78, 5) is 15.5. The van der Waals surface area contributed by atoms with E-state index in [2.05, 4.69) is 6.07 Å². The Kier molecular flexibility index (Phi) is 7.27. The van der Waals surface area contributed by atoms with Crippen LogP contribution < -0.4 is 0 Å². The molecule has 6 nitrogen and oxygen atoms in total. The van der Waals surface area contributed by atoms with Gasteiger partial charge in [0, 0.05) is 17.5 Å². The second kappa shape index (κ2) is 10.5. The molecule has 0 unspecified atom stereocenters. The van der Waals surface area contributed by atoms with Crippen LogP contribution in [0.15, 0.2) is 71.6 Å². The predicted octanol–water partition coefficient (Wildman–Crippen LogP) is 5.11. The predicted molar refractivity (Wildman–Crippen MR) is 156 cm³/mol. The molecular weight excluding hydrogens is 585 g/mol. The number of aryl methyl sites for hydroxylation is 1. The van der Waals surface area contributed by atoms with Gasteiger partial charge in [0.2, 0.25) is 5.91 Å². The zero-order valence-electron chi connectivity index (χ0n) is 22.4. The number of hydrogen-bond donors (Lipinski definition) is 0. The summed E-state index contributed by atoms with van der Waals surface area (Å²) >= 11 is 6.04. The minimum Gasteiger partial charge on any atom is -0.337 e. The molecular formula is C31H31ClFNO5S2. The SMILES string of the molecule is O=C(C1CCS(=O)(=O)CC1)N1CC[C@@]2(S(=O)(=O)c3ccc(F)cc3)c3ccc(Cc4ccc(Cl)cc4)cc3CC[C@@H]12. The van der Waals surface area contributed by atoms with E-state index in [1.807, 2.05) is 36.4 Å². The number of rotatable bonds is 5. The lowest BCUT2D eigenvalue weighted by molar-refractivity contribution is -0.137. The maximum absolute atomic E-state index is 14.5. The number of sulfone groups is 2. The van der Waals surface area contributed by atoms with E-state index < -0.39 is 42.2 Å². The number of benzene rings is 3. The number of fused-ring (bicyclic) bond motifs is 3. The van der Waals surface area contributed by atoms with E-state index in [0.29, 0.717) is 29.8 Å². The molecule has 2 atom stereocenters. The Labute approximate surface area is 245 Å². The standard InChI is InChI=1S/C31H31ClFNO5S2/c32-25-5-1-21(2-6-25)19-22-3-11-28-24(20-22)4-12-29-31(28,41(38,39)27-9-7-26(33)8-10-27)15-16-34(29)30(35)23-13-17-40(36,37)18-14-23/h1-3,5-11,20,23,29H,4,12-19H2/t29-,31-/m1/s1. The number of amides is 1. The van der Waals surface area contributed by atoms with Crippen molar-refractivity contribution in [2.45, 2.75) is 54.2 Å². The van der Waals surface area contributed by atoms with E-state index in [1.54, 1.807) is 4.90 Å². The molecule has 0 bridgehead atoms. The highest BCUT2D eigenvalue weighted by molar-refractivity contribution is 7.92. The van der Waals surface area contributed by atoms with Crippen molar-refractivity contribution in [1.29, 1.82) is 0 Å². The van der Waals surface area contributed by atoms with Crippen LogP contribution >= 0.6 is 11.6 Å². The fourth-order valence-corrected chi connectivity index (χ4v) is 11.0. The van der Waals surface area contributed by atoms with Crippen LogP contribution in [-0.4, -0.2) is 51.7 Å². The van der Waals surface area contributed by atoms with E-state index in [4.69, 9.17) is 11.6 Å². The van der Waals surface area contributed by atoms with E-state index >= 15 is 0 Å². The van der Waals surface area contributed by atoms with Crippen molar-refractivity contribution in [1.82, 2.24) is 4.90 Å². The summed E-state index contributed by atoms with van der Waals surface area (Å²) in [6.07, 6.45) is 2.48. The molecule has 216 valence electrons. The van der Waals surface area contributed by atoms with Crippen LogP contribution in [-0.2, 0) is 42.1 Å². The van der Waals surface area contributed by atoms with Gasteiger partial charge >= 0.3 is 0 Å². The molecule has 41 heavy (non-hydrogen) atoms. The molecule has 1 amide bonds. The van der Waals surface area contributed by atoms with Gasteiger partial charge in [0.25, 0.3) is 0 Å². The number of halogens is 2. The van der Waals surface area contributed by atoms with Crippen molar-refractivity contribution in [2.24, 2.45) is 5.92 Å². The van der Waals surface area contributed by atoms with Gasteiger partial charge in [-0.3, -0.25) is 4.79 Å². The molecule has 2 heterocycles. The van der Waals surface area contributed by atoms with Crippen LogP contribution in [0.5, 0.6) is 0 Å². The first-order valence-electron chi connectivity index (χ1n) is 13.9. The van der Waals surface area contributed by atoms with Crippen molar-refractivity contribution < 1.29 is 26.0 Å². The van der Waals surface area contributed by atoms with Crippen LogP contribution in [0.25, 0.3) is 0 Å². The molecule has 0 aromatic heterocycles. The van der Waals surface area contributed by atoms with Gasteiger partial charge in [0.1, 0.15) is 20.4 Å². The van der Waals surface area contributed by atoms with Crippen LogP contribution in [0.4, 0.5) is 4.39 Å². The summed E-state index contributed by atoms with van der Waals surface area (Å²) in [5.41, 5.74) is 3.77. The molecule has 0 radical (unpaired) electrons. The van der Waals surface area contributed by atoms with E-state index in [1.165, 1.54) is 12.1 Å². The summed E-state index contributed by atoms with van der Waals surface area (Å²) in [5, 5.41) is 0.661. The summed E-state index contributed by atoms with van der Waals surface area (Å²) in [7, 11) is -7.20. The van der Waals surface area contributed by atoms with Crippen LogP contribution in [0.1, 0.15) is 47.9 Å². The van der Waals surface area contributed by atoms with E-state index in [-0.39, 0.29) is 48.1 Å². The van der Waals surface area contributed by atoms with Gasteiger partial charge in [-0.15, -0.1) is 0 Å². The number of carbonyl (C=O) groups excluding carboxylic acids is 1. The maximum atomic E-state index is 14.5. The average Bonchev–Trinajstić information content (AvgIpc) is 3.36. The van der Waals surface area contributed by atoms with Gasteiger partial charge in [0.15, 0.2) is 9.84 Å². The third-order valence-electron chi connectivity index (χ3n) is 9.06. The normalized spacial score (nSPS) is 24.0. The van der Waals surface area contributed by atoms with E-state index in [0.717, 1.165) is 28.8 Å². The highest BCUT2D eigenvalue weighted by atomic mass is 35.5. The number of likely N-dealkylation sites (tertiary alicyclic amines) is 1. The average molecular weight is 616 g/mol. The Morgan fingerprint density at radius 3 is 2.29 bits per heavy atom. The summed E-state index contributed by atoms with van der Waals surface area (Å²) in [6.45, 7) is 0.263. The fraction of sp³-hybridized carbons (Fsp3) is 0.387. The lowest BCUT2D eigenvalue weighted by Crippen LogP contribution is -2.53. The summed E-state index contributed by atoms with van der Waals surface area (Å²) in [5.74, 6) is -1.18. The minimum atomic E-state index is -4.05. The number of carbonyl (C=O) groups is 1. The molecule has 0 N–H and O–H groups in total. The third-order valence-corrected chi connectivity index (χ3v) is 13.6. The van der Waals surface area contributed by atoms with Gasteiger partial charge in [-0.1, -0.05) is 41.9 Å². The second-order valence-corrected chi connectivity index (χ2v) is 16.4. The topological polar surface area (TPSA) is 88.6 Å². The Bertz CT molecular complexity index is 1690. The highest BCUT2D eigenvalue weighted by Gasteiger charge is 2.61. The van der Waals surface area contributed by atoms with E-state index in [9.17, 15) is 26.0 Å². The first-order valence-corrected chi connectivity index (χ1v) is 17.6. The molecule has 1 aliphatic carbocycles. The van der Waals surface area contributed by atoms with Crippen LogP contribution in [0.2, 0.25) is 5.02 Å². The third kappa shape index (κ3) is 5.00. The largest absolute Gasteiger partial charge is 0.337 e. The summed E-state index contributed by atoms with van der Waals surface area (Å²) in [6, 6.07) is 17.8. The van der Waals surface area contributed by atoms with Crippen LogP contribution in [0, 0.1) is 11.7 Å². The lowest BCUT2D eigenvalue weighted by atomic mass is 9.77. The zero-order valence-corrected chi connectivity index (χ0v) is 24.8. The molecule has 3 aromatic carbocycles. The summed E-state index contributed by atoms with van der Waals surface area (Å²) < 4.78 is 65.5. The molecule has 2 fully saturated rings. The Hall–Kier alpha value is -2.75. The monoisotopic (exact) mass is 615 g/mol. The number of hydrogen-bond acceptors (Lipinski definition) is 5. The quantitative estimate of drug-likeness (QED) is 0.372. The Balaban J connectivity index is 1.40. The molecule has 10 heteroatoms. The fourth-order valence-electron chi connectivity index (χ4n) is 6.99. The van der Waals surface area contributed by atoms with Gasteiger partial charge in [-0.2, -0.15) is 0 Å². The van der Waals surface area contributed by atoms with Gasteiger partial charge in [0.05, 0.1) is 22.4 Å². The molecule has 3 aromatic rings.